The molecule has 0 aromatic heterocycles. The number of rotatable bonds is 9. The Morgan fingerprint density at radius 2 is 1.52 bits per heavy atom. The first-order chi connectivity index (χ1) is 15.1. The molecule has 2 rings (SSSR count). The Bertz CT molecular complexity index is 1070. The monoisotopic (exact) mass is 496 g/mol. The van der Waals surface area contributed by atoms with E-state index in [1.54, 1.807) is 0 Å². The zero-order valence-corrected chi connectivity index (χ0v) is 17.9. The van der Waals surface area contributed by atoms with Crippen molar-refractivity contribution in [2.45, 2.75) is 37.2 Å². The highest BCUT2D eigenvalue weighted by atomic mass is 32.2. The number of nitrogens with two attached hydrogens (primary N) is 1. The maximum Gasteiger partial charge on any atom is 0.417 e. The van der Waals surface area contributed by atoms with Crippen LogP contribution in [0.2, 0.25) is 0 Å². The first kappa shape index (κ1) is 26.7. The van der Waals surface area contributed by atoms with Crippen LogP contribution in [0.25, 0.3) is 11.1 Å². The van der Waals surface area contributed by atoms with E-state index in [0.29, 0.717) is 0 Å². The van der Waals surface area contributed by atoms with Gasteiger partial charge in [0.2, 0.25) is 0 Å². The van der Waals surface area contributed by atoms with Crippen molar-refractivity contribution < 1.29 is 40.5 Å². The molecule has 0 aliphatic heterocycles. The lowest BCUT2D eigenvalue weighted by molar-refractivity contribution is -0.150. The molecule has 2 unspecified atom stereocenters. The summed E-state index contributed by atoms with van der Waals surface area (Å²) in [7, 11) is -3.51. The Labute approximate surface area is 186 Å². The smallest absolute Gasteiger partial charge is 0.417 e. The van der Waals surface area contributed by atoms with E-state index >= 15 is 0 Å². The number of alkyl halides is 6. The number of hydrogen-bond donors (Lipinski definition) is 3. The van der Waals surface area contributed by atoms with Gasteiger partial charge in [-0.15, -0.1) is 0 Å². The van der Waals surface area contributed by atoms with E-state index in [-0.39, 0.29) is 23.1 Å². The summed E-state index contributed by atoms with van der Waals surface area (Å²) < 4.78 is 101. The van der Waals surface area contributed by atoms with Gasteiger partial charge in [-0.2, -0.15) is 26.3 Å². The molecule has 12 heteroatoms. The summed E-state index contributed by atoms with van der Waals surface area (Å²) in [6, 6.07) is 7.76. The predicted molar refractivity (Wildman–Crippen MR) is 111 cm³/mol. The van der Waals surface area contributed by atoms with E-state index in [2.05, 4.69) is 0 Å². The van der Waals surface area contributed by atoms with Gasteiger partial charge in [0.25, 0.3) is 0 Å². The van der Waals surface area contributed by atoms with Crippen LogP contribution in [-0.2, 0) is 20.7 Å². The minimum atomic E-state index is -4.75. The molecule has 5 nitrogen and oxygen atoms in total. The third-order valence-electron chi connectivity index (χ3n) is 5.06. The molecule has 4 N–H and O–H groups in total. The fraction of sp³-hybridized carbons (Fsp3) is 0.381. The molecule has 0 aliphatic carbocycles. The van der Waals surface area contributed by atoms with Crippen molar-refractivity contribution in [1.82, 2.24) is 0 Å². The lowest BCUT2D eigenvalue weighted by Crippen LogP contribution is -2.32. The van der Waals surface area contributed by atoms with Crippen LogP contribution >= 0.6 is 0 Å². The van der Waals surface area contributed by atoms with E-state index in [0.717, 1.165) is 30.3 Å². The Morgan fingerprint density at radius 3 is 2.03 bits per heavy atom. The molecule has 0 radical (unpaired) electrons. The van der Waals surface area contributed by atoms with Crippen LogP contribution in [0.4, 0.5) is 26.3 Å². The summed E-state index contributed by atoms with van der Waals surface area (Å²) in [5.41, 5.74) is 4.03. The van der Waals surface area contributed by atoms with E-state index in [4.69, 9.17) is 15.6 Å². The lowest BCUT2D eigenvalue weighted by Gasteiger charge is -2.22. The maximum absolute atomic E-state index is 13.6. The predicted octanol–water partition coefficient (Wildman–Crippen LogP) is 5.26. The second-order valence-electron chi connectivity index (χ2n) is 7.50. The summed E-state index contributed by atoms with van der Waals surface area (Å²) >= 11 is 0. The molecule has 3 atom stereocenters. The van der Waals surface area contributed by atoms with E-state index in [1.807, 2.05) is 0 Å². The fourth-order valence-electron chi connectivity index (χ4n) is 3.25. The van der Waals surface area contributed by atoms with Crippen molar-refractivity contribution in [2.75, 3.05) is 11.5 Å². The van der Waals surface area contributed by atoms with Crippen LogP contribution in [0.1, 0.15) is 29.9 Å². The topological polar surface area (TPSA) is 104 Å². The van der Waals surface area contributed by atoms with Gasteiger partial charge in [-0.25, -0.2) is 4.21 Å². The summed E-state index contributed by atoms with van der Waals surface area (Å²) in [5, 5.41) is 8.73. The highest BCUT2D eigenvalue weighted by molar-refractivity contribution is 7.92. The molecule has 2 aromatic rings. The first-order valence-corrected chi connectivity index (χ1v) is 11.6. The van der Waals surface area contributed by atoms with Crippen LogP contribution in [0.5, 0.6) is 0 Å². The van der Waals surface area contributed by atoms with Gasteiger partial charge in [-0.1, -0.05) is 42.5 Å². The Hall–Kier alpha value is -2.60. The summed E-state index contributed by atoms with van der Waals surface area (Å²) in [5.74, 6) is -4.56. The Balaban J connectivity index is 2.23. The zero-order valence-electron chi connectivity index (χ0n) is 17.1. The largest absolute Gasteiger partial charge is 0.480 e. The molecule has 0 saturated carbocycles. The zero-order chi connectivity index (χ0) is 25.0. The molecule has 0 fully saturated rings. The van der Waals surface area contributed by atoms with Gasteiger partial charge in [-0.05, 0) is 35.6 Å². The first-order valence-electron chi connectivity index (χ1n) is 9.67. The number of carboxylic acid groups (broad SMARTS) is 1. The van der Waals surface area contributed by atoms with E-state index in [1.165, 1.54) is 18.2 Å². The minimum absolute atomic E-state index is 0.0829. The molecule has 0 saturated heterocycles. The molecule has 182 valence electrons. The molecule has 33 heavy (non-hydrogen) atoms. The second kappa shape index (κ2) is 10.1. The van der Waals surface area contributed by atoms with Gasteiger partial charge in [-0.3, -0.25) is 9.57 Å². The summed E-state index contributed by atoms with van der Waals surface area (Å²) in [6.45, 7) is 0. The Kier molecular flexibility index (Phi) is 8.18. The Morgan fingerprint density at radius 1 is 0.970 bits per heavy atom. The number of halogens is 6. The molecule has 0 heterocycles. The second-order valence-corrected chi connectivity index (χ2v) is 9.94. The minimum Gasteiger partial charge on any atom is -0.480 e. The van der Waals surface area contributed by atoms with Crippen molar-refractivity contribution >= 4 is 15.7 Å². The van der Waals surface area contributed by atoms with Gasteiger partial charge in [0.1, 0.15) is 6.04 Å². The number of carbonyl (C=O) groups is 1. The number of hydrogen-bond acceptors (Lipinski definition) is 4. The molecule has 2 aromatic carbocycles. The van der Waals surface area contributed by atoms with Gasteiger partial charge in [0, 0.05) is 21.2 Å². The molecule has 0 spiro atoms. The van der Waals surface area contributed by atoms with E-state index < -0.39 is 63.5 Å². The van der Waals surface area contributed by atoms with Crippen molar-refractivity contribution in [1.29, 1.82) is 4.78 Å². The average Bonchev–Trinajstić information content (AvgIpc) is 2.71. The third-order valence-corrected chi connectivity index (χ3v) is 6.85. The summed E-state index contributed by atoms with van der Waals surface area (Å²) in [6.07, 6.45) is -10.4. The highest BCUT2D eigenvalue weighted by Crippen LogP contribution is 2.40. The van der Waals surface area contributed by atoms with Gasteiger partial charge in [0.15, 0.2) is 0 Å². The molecule has 0 aliphatic rings. The maximum atomic E-state index is 13.6. The van der Waals surface area contributed by atoms with Crippen molar-refractivity contribution in [3.8, 4) is 11.1 Å². The van der Waals surface area contributed by atoms with Gasteiger partial charge < -0.3 is 10.8 Å². The normalized spacial score (nSPS) is 16.1. The molecular formula is C21H22F6N2O3S. The van der Waals surface area contributed by atoms with Crippen molar-refractivity contribution in [3.63, 3.8) is 0 Å². The van der Waals surface area contributed by atoms with Gasteiger partial charge >= 0.3 is 18.3 Å². The lowest BCUT2D eigenvalue weighted by atomic mass is 9.92. The molecule has 0 amide bonds. The molecular weight excluding hydrogens is 474 g/mol. The third kappa shape index (κ3) is 7.46. The number of aliphatic carboxylic acids is 1. The SMILES string of the molecule is N=S(=O)(CCC(c1ccc(-c2ccccc2C(F)(F)F)cc1)C(F)(F)F)CC[C@H](N)C(=O)O. The van der Waals surface area contributed by atoms with Crippen LogP contribution in [0.15, 0.2) is 48.5 Å². The number of carboxylic acids is 1. The number of benzene rings is 2. The number of nitrogens with one attached hydrogen (secondary N) is 1. The van der Waals surface area contributed by atoms with Crippen molar-refractivity contribution in [3.05, 3.63) is 59.7 Å². The quantitative estimate of drug-likeness (QED) is 0.412. The average molecular weight is 496 g/mol. The van der Waals surface area contributed by atoms with Crippen LogP contribution in [0, 0.1) is 4.78 Å². The highest BCUT2D eigenvalue weighted by Gasteiger charge is 2.41. The van der Waals surface area contributed by atoms with Crippen LogP contribution in [0.3, 0.4) is 0 Å². The van der Waals surface area contributed by atoms with Crippen LogP contribution < -0.4 is 5.73 Å². The summed E-state index contributed by atoms with van der Waals surface area (Å²) in [4.78, 5) is 10.7. The van der Waals surface area contributed by atoms with Crippen LogP contribution in [-0.4, -0.2) is 39.0 Å². The standard InChI is InChI=1S/C21H22F6N2O3S/c22-20(23,24)16(9-11-33(29,32)12-10-18(28)19(30)31)14-7-5-13(6-8-14)15-3-1-2-4-17(15)21(25,26)27/h1-8,16,18,29H,9-12,28H2,(H,30,31)/t16?,18-,33?/m0/s1. The fourth-order valence-corrected chi connectivity index (χ4v) is 4.70. The van der Waals surface area contributed by atoms with Gasteiger partial charge in [0.05, 0.1) is 11.5 Å². The van der Waals surface area contributed by atoms with Crippen molar-refractivity contribution in [2.24, 2.45) is 5.73 Å². The molecule has 0 bridgehead atoms. The van der Waals surface area contributed by atoms with E-state index in [9.17, 15) is 35.3 Å².